The standard InChI is InChI=1S/C59H57NO12/c61-32-48-51(66-34-40-19-7-2-8-20-40)54(68-37-43-29-30-44-25-13-14-26-45(44)31-43)55(69-36-42-23-11-4-12-24-42)59(71-48)72-52-49(38-65-33-39-17-5-1-6-18-39)70-58(64)50(53(52)67-35-41-21-9-3-10-22-41)60-56(62)46-27-15-16-28-47(46)57(60)63/h1-31,48-55,58-59,61,64H,32-38H2/t48-,49-,50-,51-,52-,53-,54+,55+,58-,59+/m0/s1. The highest BCUT2D eigenvalue weighted by molar-refractivity contribution is 6.21. The molecule has 2 amide bonds. The van der Waals surface area contributed by atoms with Crippen LogP contribution in [0.4, 0.5) is 0 Å². The minimum absolute atomic E-state index is 0.000959. The van der Waals surface area contributed by atoms with Crippen LogP contribution >= 0.6 is 0 Å². The Hall–Kier alpha value is -6.46. The zero-order valence-electron chi connectivity index (χ0n) is 39.5. The Morgan fingerprint density at radius 3 is 1.49 bits per heavy atom. The zero-order chi connectivity index (χ0) is 49.2. The summed E-state index contributed by atoms with van der Waals surface area (Å²) in [5, 5.41) is 25.5. The molecule has 10 atom stereocenters. The van der Waals surface area contributed by atoms with E-state index in [1.165, 1.54) is 0 Å². The van der Waals surface area contributed by atoms with Crippen molar-refractivity contribution in [1.82, 2.24) is 4.90 Å². The summed E-state index contributed by atoms with van der Waals surface area (Å²) in [7, 11) is 0. The van der Waals surface area contributed by atoms with Gasteiger partial charge in [-0.15, -0.1) is 0 Å². The lowest BCUT2D eigenvalue weighted by atomic mass is 9.93. The Morgan fingerprint density at radius 1 is 0.444 bits per heavy atom. The van der Waals surface area contributed by atoms with E-state index in [0.717, 1.165) is 43.5 Å². The van der Waals surface area contributed by atoms with Gasteiger partial charge in [0.2, 0.25) is 0 Å². The van der Waals surface area contributed by atoms with Crippen molar-refractivity contribution in [3.63, 3.8) is 0 Å². The van der Waals surface area contributed by atoms with Gasteiger partial charge >= 0.3 is 0 Å². The van der Waals surface area contributed by atoms with Crippen molar-refractivity contribution in [1.29, 1.82) is 0 Å². The van der Waals surface area contributed by atoms with Gasteiger partial charge in [-0.1, -0.05) is 170 Å². The molecule has 3 heterocycles. The molecule has 0 aromatic heterocycles. The van der Waals surface area contributed by atoms with Crippen molar-refractivity contribution in [2.24, 2.45) is 0 Å². The number of carbonyl (C=O) groups is 2. The van der Waals surface area contributed by atoms with Crippen LogP contribution in [0.3, 0.4) is 0 Å². The number of amides is 2. The molecule has 7 aromatic carbocycles. The zero-order valence-corrected chi connectivity index (χ0v) is 39.5. The maximum Gasteiger partial charge on any atom is 0.262 e. The molecule has 10 rings (SSSR count). The molecule has 0 aliphatic carbocycles. The molecular weight excluding hydrogens is 915 g/mol. The summed E-state index contributed by atoms with van der Waals surface area (Å²) in [6.07, 6.45) is -10.5. The summed E-state index contributed by atoms with van der Waals surface area (Å²) in [4.78, 5) is 29.7. The maximum absolute atomic E-state index is 14.4. The summed E-state index contributed by atoms with van der Waals surface area (Å²) in [5.41, 5.74) is 4.71. The molecule has 0 radical (unpaired) electrons. The van der Waals surface area contributed by atoms with Crippen LogP contribution in [-0.2, 0) is 70.9 Å². The number of aliphatic hydroxyl groups excluding tert-OH is 2. The summed E-state index contributed by atoms with van der Waals surface area (Å²) in [6.45, 7) is 0.000601. The SMILES string of the molecule is O=C1c2ccccc2C(=O)N1[C@H]1[C@H](OCc2ccccc2)[C@@H](O[C@H]2O[C@@H](CO)[C@H](OCc3ccccc3)[C@@H](OCc3ccc4ccccc4c3)[C@H]2OCc2ccccc2)[C@H](COCc2ccccc2)O[C@@H]1O. The van der Waals surface area contributed by atoms with Gasteiger partial charge in [-0.3, -0.25) is 14.5 Å². The number of fused-ring (bicyclic) bond motifs is 2. The van der Waals surface area contributed by atoms with Gasteiger partial charge in [0, 0.05) is 0 Å². The number of hydrogen-bond acceptors (Lipinski definition) is 12. The number of aliphatic hydroxyl groups is 2. The van der Waals surface area contributed by atoms with Crippen LogP contribution < -0.4 is 0 Å². The molecule has 2 fully saturated rings. The number of rotatable bonds is 20. The van der Waals surface area contributed by atoms with Crippen molar-refractivity contribution in [3.8, 4) is 0 Å². The fourth-order valence-corrected chi connectivity index (χ4v) is 9.70. The first-order valence-electron chi connectivity index (χ1n) is 24.3. The van der Waals surface area contributed by atoms with Crippen molar-refractivity contribution in [2.75, 3.05) is 13.2 Å². The molecule has 0 unspecified atom stereocenters. The van der Waals surface area contributed by atoms with Crippen LogP contribution in [0.25, 0.3) is 10.8 Å². The first-order chi connectivity index (χ1) is 35.4. The number of carbonyl (C=O) groups excluding carboxylic acids is 2. The number of nitrogens with zero attached hydrogens (tertiary/aromatic N) is 1. The Bertz CT molecular complexity index is 2820. The third-order valence-electron chi connectivity index (χ3n) is 13.3. The average Bonchev–Trinajstić information content (AvgIpc) is 3.67. The Kier molecular flexibility index (Phi) is 16.0. The van der Waals surface area contributed by atoms with Crippen LogP contribution in [0, 0.1) is 0 Å². The Balaban J connectivity index is 1.04. The molecule has 3 aliphatic heterocycles. The van der Waals surface area contributed by atoms with Gasteiger partial charge in [-0.2, -0.15) is 0 Å². The van der Waals surface area contributed by atoms with E-state index < -0.39 is 79.8 Å². The maximum atomic E-state index is 14.4. The first kappa shape index (κ1) is 49.1. The molecule has 13 heteroatoms. The van der Waals surface area contributed by atoms with E-state index in [-0.39, 0.29) is 50.8 Å². The fraction of sp³-hybridized carbons (Fsp3) is 0.288. The predicted octanol–water partition coefficient (Wildman–Crippen LogP) is 8.18. The lowest BCUT2D eigenvalue weighted by Crippen LogP contribution is -2.69. The molecule has 13 nitrogen and oxygen atoms in total. The van der Waals surface area contributed by atoms with E-state index in [9.17, 15) is 19.8 Å². The summed E-state index contributed by atoms with van der Waals surface area (Å²) >= 11 is 0. The van der Waals surface area contributed by atoms with Gasteiger partial charge in [0.25, 0.3) is 11.8 Å². The third kappa shape index (κ3) is 11.3. The molecular formula is C59H57NO12. The lowest BCUT2D eigenvalue weighted by Gasteiger charge is -2.50. The van der Waals surface area contributed by atoms with Crippen LogP contribution in [0.2, 0.25) is 0 Å². The van der Waals surface area contributed by atoms with Crippen LogP contribution in [0.5, 0.6) is 0 Å². The second-order valence-corrected chi connectivity index (χ2v) is 18.1. The molecule has 7 aromatic rings. The number of ether oxygens (including phenoxy) is 8. The minimum atomic E-state index is -1.74. The lowest BCUT2D eigenvalue weighted by molar-refractivity contribution is -0.364. The van der Waals surface area contributed by atoms with E-state index in [1.54, 1.807) is 24.3 Å². The third-order valence-corrected chi connectivity index (χ3v) is 13.3. The topological polar surface area (TPSA) is 152 Å². The Labute approximate surface area is 418 Å². The summed E-state index contributed by atoms with van der Waals surface area (Å²) in [6, 6.07) is 57.7. The highest BCUT2D eigenvalue weighted by atomic mass is 16.7. The fourth-order valence-electron chi connectivity index (χ4n) is 9.70. The van der Waals surface area contributed by atoms with Crippen LogP contribution in [0.1, 0.15) is 48.5 Å². The molecule has 3 aliphatic rings. The van der Waals surface area contributed by atoms with Gasteiger partial charge in [-0.05, 0) is 56.8 Å². The van der Waals surface area contributed by atoms with Crippen molar-refractivity contribution in [2.45, 2.75) is 94.4 Å². The van der Waals surface area contributed by atoms with Gasteiger partial charge in [0.05, 0.1) is 57.4 Å². The van der Waals surface area contributed by atoms with E-state index >= 15 is 0 Å². The van der Waals surface area contributed by atoms with Gasteiger partial charge < -0.3 is 48.1 Å². The largest absolute Gasteiger partial charge is 0.394 e. The Morgan fingerprint density at radius 2 is 0.917 bits per heavy atom. The number of benzene rings is 7. The van der Waals surface area contributed by atoms with Crippen molar-refractivity contribution in [3.05, 3.63) is 227 Å². The van der Waals surface area contributed by atoms with Crippen LogP contribution in [-0.4, -0.2) is 101 Å². The molecule has 0 bridgehead atoms. The number of hydrogen-bond donors (Lipinski definition) is 2. The van der Waals surface area contributed by atoms with Gasteiger partial charge in [0.1, 0.15) is 48.8 Å². The predicted molar refractivity (Wildman–Crippen MR) is 266 cm³/mol. The second kappa shape index (κ2) is 23.4. The van der Waals surface area contributed by atoms with Gasteiger partial charge in [-0.25, -0.2) is 0 Å². The highest BCUT2D eigenvalue weighted by Gasteiger charge is 2.57. The molecule has 370 valence electrons. The molecule has 2 N–H and O–H groups in total. The smallest absolute Gasteiger partial charge is 0.262 e. The van der Waals surface area contributed by atoms with Crippen molar-refractivity contribution < 1.29 is 57.7 Å². The van der Waals surface area contributed by atoms with E-state index in [0.29, 0.717) is 0 Å². The second-order valence-electron chi connectivity index (χ2n) is 18.1. The van der Waals surface area contributed by atoms with Gasteiger partial charge in [0.15, 0.2) is 12.6 Å². The minimum Gasteiger partial charge on any atom is -0.394 e. The summed E-state index contributed by atoms with van der Waals surface area (Å²) in [5.74, 6) is -1.24. The average molecular weight is 972 g/mol. The molecule has 72 heavy (non-hydrogen) atoms. The van der Waals surface area contributed by atoms with Crippen molar-refractivity contribution >= 4 is 22.6 Å². The quantitative estimate of drug-likeness (QED) is 0.0709. The monoisotopic (exact) mass is 971 g/mol. The molecule has 0 saturated carbocycles. The summed E-state index contributed by atoms with van der Waals surface area (Å²) < 4.78 is 54.3. The number of imide groups is 1. The normalized spacial score (nSPS) is 25.2. The van der Waals surface area contributed by atoms with E-state index in [4.69, 9.17) is 37.9 Å². The van der Waals surface area contributed by atoms with E-state index in [1.807, 2.05) is 152 Å². The first-order valence-corrected chi connectivity index (χ1v) is 24.3. The highest BCUT2D eigenvalue weighted by Crippen LogP contribution is 2.38. The van der Waals surface area contributed by atoms with E-state index in [2.05, 4.69) is 12.1 Å². The van der Waals surface area contributed by atoms with Crippen LogP contribution in [0.15, 0.2) is 188 Å². The molecule has 2 saturated heterocycles. The molecule has 0 spiro atoms.